The van der Waals surface area contributed by atoms with E-state index in [0.717, 1.165) is 5.56 Å². The van der Waals surface area contributed by atoms with Gasteiger partial charge in [0.2, 0.25) is 11.8 Å². The first-order valence-electron chi connectivity index (χ1n) is 9.03. The fourth-order valence-electron chi connectivity index (χ4n) is 3.29. The van der Waals surface area contributed by atoms with Crippen LogP contribution in [0.2, 0.25) is 0 Å². The van der Waals surface area contributed by atoms with Gasteiger partial charge in [-0.25, -0.2) is 4.39 Å². The van der Waals surface area contributed by atoms with Crippen LogP contribution in [-0.4, -0.2) is 39.1 Å². The molecule has 1 N–H and O–H groups in total. The minimum atomic E-state index is -0.339. The average Bonchev–Trinajstić information content (AvgIpc) is 3.07. The summed E-state index contributed by atoms with van der Waals surface area (Å²) in [5, 5.41) is 2.89. The third-order valence-corrected chi connectivity index (χ3v) is 4.74. The van der Waals surface area contributed by atoms with Crippen LogP contribution in [0.25, 0.3) is 0 Å². The third kappa shape index (κ3) is 4.60. The van der Waals surface area contributed by atoms with Gasteiger partial charge in [-0.15, -0.1) is 0 Å². The van der Waals surface area contributed by atoms with Crippen molar-refractivity contribution in [2.24, 2.45) is 5.92 Å². The Labute approximate surface area is 163 Å². The molecule has 0 saturated carbocycles. The van der Waals surface area contributed by atoms with E-state index >= 15 is 0 Å². The Kier molecular flexibility index (Phi) is 6.13. The van der Waals surface area contributed by atoms with Crippen LogP contribution in [0.5, 0.6) is 11.5 Å². The molecule has 1 heterocycles. The van der Waals surface area contributed by atoms with Gasteiger partial charge in [0.05, 0.1) is 20.6 Å². The second kappa shape index (κ2) is 8.73. The lowest BCUT2D eigenvalue weighted by atomic mass is 10.1. The van der Waals surface area contributed by atoms with Crippen LogP contribution in [0.3, 0.4) is 0 Å². The third-order valence-electron chi connectivity index (χ3n) is 4.74. The summed E-state index contributed by atoms with van der Waals surface area (Å²) < 4.78 is 23.5. The smallest absolute Gasteiger partial charge is 0.227 e. The van der Waals surface area contributed by atoms with E-state index in [1.165, 1.54) is 12.1 Å². The summed E-state index contributed by atoms with van der Waals surface area (Å²) in [6.07, 6.45) is 0.566. The van der Waals surface area contributed by atoms with Gasteiger partial charge in [-0.05, 0) is 42.0 Å². The number of methoxy groups -OCH3 is 2. The highest BCUT2D eigenvalue weighted by molar-refractivity contribution is 5.95. The van der Waals surface area contributed by atoms with Crippen molar-refractivity contribution in [3.8, 4) is 11.5 Å². The molecule has 1 atom stereocenters. The summed E-state index contributed by atoms with van der Waals surface area (Å²) in [5.41, 5.74) is 1.48. The highest BCUT2D eigenvalue weighted by Crippen LogP contribution is 2.28. The molecule has 7 heteroatoms. The van der Waals surface area contributed by atoms with E-state index in [-0.39, 0.29) is 30.0 Å². The lowest BCUT2D eigenvalue weighted by molar-refractivity contribution is -0.121. The van der Waals surface area contributed by atoms with Crippen molar-refractivity contribution in [2.45, 2.75) is 12.8 Å². The Balaban J connectivity index is 1.52. The van der Waals surface area contributed by atoms with Gasteiger partial charge in [-0.1, -0.05) is 6.07 Å². The Hall–Kier alpha value is -3.09. The molecular formula is C21H23FN2O4. The normalized spacial score (nSPS) is 16.2. The van der Waals surface area contributed by atoms with Crippen LogP contribution >= 0.6 is 0 Å². The van der Waals surface area contributed by atoms with Crippen molar-refractivity contribution in [1.82, 2.24) is 5.32 Å². The molecule has 3 rings (SSSR count). The maximum Gasteiger partial charge on any atom is 0.227 e. The highest BCUT2D eigenvalue weighted by Gasteiger charge is 2.30. The summed E-state index contributed by atoms with van der Waals surface area (Å²) in [6.45, 7) is 0.913. The molecule has 1 saturated heterocycles. The predicted molar refractivity (Wildman–Crippen MR) is 103 cm³/mol. The zero-order valence-corrected chi connectivity index (χ0v) is 15.9. The second-order valence-electron chi connectivity index (χ2n) is 6.72. The zero-order valence-electron chi connectivity index (χ0n) is 15.9. The Morgan fingerprint density at radius 2 is 1.86 bits per heavy atom. The predicted octanol–water partition coefficient (Wildman–Crippen LogP) is 2.55. The van der Waals surface area contributed by atoms with Crippen molar-refractivity contribution in [1.29, 1.82) is 0 Å². The monoisotopic (exact) mass is 386 g/mol. The summed E-state index contributed by atoms with van der Waals surface area (Å²) in [5.74, 6) is 0.716. The Morgan fingerprint density at radius 1 is 1.14 bits per heavy atom. The van der Waals surface area contributed by atoms with Crippen LogP contribution in [0, 0.1) is 11.7 Å². The molecule has 2 amide bonds. The number of hydrogen-bond donors (Lipinski definition) is 1. The lowest BCUT2D eigenvalue weighted by Crippen LogP contribution is -2.32. The van der Waals surface area contributed by atoms with Gasteiger partial charge < -0.3 is 19.7 Å². The Morgan fingerprint density at radius 3 is 2.54 bits per heavy atom. The first-order valence-corrected chi connectivity index (χ1v) is 9.03. The van der Waals surface area contributed by atoms with E-state index in [2.05, 4.69) is 5.32 Å². The summed E-state index contributed by atoms with van der Waals surface area (Å²) in [7, 11) is 3.11. The van der Waals surface area contributed by atoms with Crippen molar-refractivity contribution < 1.29 is 23.5 Å². The first-order chi connectivity index (χ1) is 13.5. The molecular weight excluding hydrogens is 363 g/mol. The molecule has 0 aromatic heterocycles. The molecule has 2 aromatic carbocycles. The lowest BCUT2D eigenvalue weighted by Gasteiger charge is -2.17. The van der Waals surface area contributed by atoms with E-state index in [1.807, 2.05) is 6.07 Å². The average molecular weight is 386 g/mol. The minimum Gasteiger partial charge on any atom is -0.493 e. The van der Waals surface area contributed by atoms with Gasteiger partial charge in [0, 0.05) is 31.1 Å². The molecule has 0 radical (unpaired) electrons. The fraction of sp³-hybridized carbons (Fsp3) is 0.333. The van der Waals surface area contributed by atoms with Crippen LogP contribution in [-0.2, 0) is 16.0 Å². The molecule has 1 fully saturated rings. The Bertz CT molecular complexity index is 854. The SMILES string of the molecule is COc1ccc(CC(=O)NCC2CC(=O)N(c3ccc(F)cc3)C2)cc1OC. The first kappa shape index (κ1) is 19.7. The summed E-state index contributed by atoms with van der Waals surface area (Å²) in [4.78, 5) is 26.1. The molecule has 0 aliphatic carbocycles. The standard InChI is InChI=1S/C21H23FN2O4/c1-27-18-8-3-14(9-19(18)28-2)10-20(25)23-12-15-11-21(26)24(13-15)17-6-4-16(22)5-7-17/h3-9,15H,10-13H2,1-2H3,(H,23,25). The molecule has 28 heavy (non-hydrogen) atoms. The minimum absolute atomic E-state index is 0.0203. The van der Waals surface area contributed by atoms with E-state index < -0.39 is 0 Å². The molecule has 1 aliphatic heterocycles. The number of carbonyl (C=O) groups is 2. The number of benzene rings is 2. The number of anilines is 1. The number of nitrogens with zero attached hydrogens (tertiary/aromatic N) is 1. The van der Waals surface area contributed by atoms with Gasteiger partial charge in [0.15, 0.2) is 11.5 Å². The maximum absolute atomic E-state index is 13.1. The molecule has 1 aliphatic rings. The second-order valence-corrected chi connectivity index (χ2v) is 6.72. The molecule has 0 spiro atoms. The van der Waals surface area contributed by atoms with E-state index in [9.17, 15) is 14.0 Å². The number of ether oxygens (including phenoxy) is 2. The van der Waals surface area contributed by atoms with Crippen LogP contribution < -0.4 is 19.7 Å². The van der Waals surface area contributed by atoms with E-state index in [0.29, 0.717) is 36.7 Å². The zero-order chi connectivity index (χ0) is 20.1. The number of halogens is 1. The van der Waals surface area contributed by atoms with E-state index in [1.54, 1.807) is 43.4 Å². The number of rotatable bonds is 7. The van der Waals surface area contributed by atoms with Gasteiger partial charge in [-0.2, -0.15) is 0 Å². The van der Waals surface area contributed by atoms with E-state index in [4.69, 9.17) is 9.47 Å². The molecule has 1 unspecified atom stereocenters. The van der Waals surface area contributed by atoms with Crippen molar-refractivity contribution in [2.75, 3.05) is 32.2 Å². The molecule has 2 aromatic rings. The van der Waals surface area contributed by atoms with Crippen LogP contribution in [0.4, 0.5) is 10.1 Å². The fourth-order valence-corrected chi connectivity index (χ4v) is 3.29. The van der Waals surface area contributed by atoms with Crippen LogP contribution in [0.1, 0.15) is 12.0 Å². The highest BCUT2D eigenvalue weighted by atomic mass is 19.1. The molecule has 0 bridgehead atoms. The van der Waals surface area contributed by atoms with Crippen molar-refractivity contribution >= 4 is 17.5 Å². The largest absolute Gasteiger partial charge is 0.493 e. The number of carbonyl (C=O) groups excluding carboxylic acids is 2. The number of hydrogen-bond acceptors (Lipinski definition) is 4. The summed E-state index contributed by atoms with van der Waals surface area (Å²) >= 11 is 0. The molecule has 148 valence electrons. The van der Waals surface area contributed by atoms with Gasteiger partial charge >= 0.3 is 0 Å². The quantitative estimate of drug-likeness (QED) is 0.794. The van der Waals surface area contributed by atoms with Crippen molar-refractivity contribution in [3.05, 3.63) is 53.8 Å². The maximum atomic E-state index is 13.1. The molecule has 6 nitrogen and oxygen atoms in total. The number of amides is 2. The topological polar surface area (TPSA) is 67.9 Å². The van der Waals surface area contributed by atoms with Gasteiger partial charge in [0.25, 0.3) is 0 Å². The van der Waals surface area contributed by atoms with Gasteiger partial charge in [0.1, 0.15) is 5.82 Å². The van der Waals surface area contributed by atoms with Gasteiger partial charge in [-0.3, -0.25) is 9.59 Å². The van der Waals surface area contributed by atoms with Crippen molar-refractivity contribution in [3.63, 3.8) is 0 Å². The summed E-state index contributed by atoms with van der Waals surface area (Å²) in [6, 6.07) is 11.2. The number of nitrogens with one attached hydrogen (secondary N) is 1. The van der Waals surface area contributed by atoms with Crippen LogP contribution in [0.15, 0.2) is 42.5 Å².